The molecule has 0 aliphatic carbocycles. The van der Waals surface area contributed by atoms with Gasteiger partial charge in [0.1, 0.15) is 6.29 Å². The Kier molecular flexibility index (Phi) is 19.8. The van der Waals surface area contributed by atoms with Crippen LogP contribution in [0.15, 0.2) is 0 Å². The summed E-state index contributed by atoms with van der Waals surface area (Å²) in [6.07, 6.45) is 23.0. The van der Waals surface area contributed by atoms with Gasteiger partial charge in [0.25, 0.3) is 0 Å². The molecule has 1 atom stereocenters. The maximum absolute atomic E-state index is 11.0. The average Bonchev–Trinajstić information content (AvgIpc) is 2.63. The number of esters is 1. The van der Waals surface area contributed by atoms with E-state index in [1.54, 1.807) is 0 Å². The van der Waals surface area contributed by atoms with E-state index in [9.17, 15) is 9.59 Å². The Labute approximate surface area is 162 Å². The maximum Gasteiger partial charge on any atom is 0.302 e. The molecule has 0 heterocycles. The van der Waals surface area contributed by atoms with Gasteiger partial charge in [-0.3, -0.25) is 4.79 Å². The Balaban J connectivity index is 3.22. The molecule has 3 nitrogen and oxygen atoms in total. The smallest absolute Gasteiger partial charge is 0.302 e. The molecule has 1 unspecified atom stereocenters. The van der Waals surface area contributed by atoms with E-state index in [1.165, 1.54) is 96.8 Å². The van der Waals surface area contributed by atoms with Crippen molar-refractivity contribution in [3.63, 3.8) is 0 Å². The normalized spacial score (nSPS) is 12.1. The van der Waals surface area contributed by atoms with Crippen LogP contribution in [0.3, 0.4) is 0 Å². The van der Waals surface area contributed by atoms with Crippen LogP contribution >= 0.6 is 0 Å². The van der Waals surface area contributed by atoms with Crippen LogP contribution in [0.1, 0.15) is 123 Å². The molecule has 0 aliphatic rings. The van der Waals surface area contributed by atoms with Gasteiger partial charge < -0.3 is 9.53 Å². The highest BCUT2D eigenvalue weighted by atomic mass is 16.5. The molecule has 0 aromatic heterocycles. The van der Waals surface area contributed by atoms with Crippen molar-refractivity contribution in [1.29, 1.82) is 0 Å². The Bertz CT molecular complexity index is 315. The monoisotopic (exact) mass is 368 g/mol. The largest absolute Gasteiger partial charge is 0.466 e. The van der Waals surface area contributed by atoms with E-state index in [-0.39, 0.29) is 11.9 Å². The summed E-state index contributed by atoms with van der Waals surface area (Å²) in [6.45, 7) is 4.05. The Hall–Kier alpha value is -0.860. The summed E-state index contributed by atoms with van der Waals surface area (Å²) in [6, 6.07) is 0. The molecule has 0 bridgehead atoms. The molecule has 0 aromatic carbocycles. The third-order valence-electron chi connectivity index (χ3n) is 5.16. The molecule has 0 aromatic rings. The van der Waals surface area contributed by atoms with Gasteiger partial charge in [-0.25, -0.2) is 0 Å². The van der Waals surface area contributed by atoms with Gasteiger partial charge in [-0.2, -0.15) is 0 Å². The summed E-state index contributed by atoms with van der Waals surface area (Å²) in [4.78, 5) is 21.7. The van der Waals surface area contributed by atoms with Crippen LogP contribution in [0.2, 0.25) is 0 Å². The van der Waals surface area contributed by atoms with Crippen molar-refractivity contribution in [2.45, 2.75) is 123 Å². The van der Waals surface area contributed by atoms with Crippen molar-refractivity contribution in [3.8, 4) is 0 Å². The first-order valence-corrected chi connectivity index (χ1v) is 11.3. The Morgan fingerprint density at radius 3 is 1.54 bits per heavy atom. The lowest BCUT2D eigenvalue weighted by Gasteiger charge is -2.09. The van der Waals surface area contributed by atoms with Crippen molar-refractivity contribution < 1.29 is 14.3 Å². The minimum absolute atomic E-state index is 0.0522. The van der Waals surface area contributed by atoms with E-state index in [0.717, 1.165) is 19.1 Å². The first-order chi connectivity index (χ1) is 12.7. The first-order valence-electron chi connectivity index (χ1n) is 11.3. The fourth-order valence-electron chi connectivity index (χ4n) is 3.41. The second-order valence-corrected chi connectivity index (χ2v) is 7.76. The van der Waals surface area contributed by atoms with Crippen LogP contribution in [0.25, 0.3) is 0 Å². The zero-order valence-electron chi connectivity index (χ0n) is 17.6. The predicted molar refractivity (Wildman–Crippen MR) is 110 cm³/mol. The molecule has 0 N–H and O–H groups in total. The zero-order valence-corrected chi connectivity index (χ0v) is 17.6. The number of carbonyl (C=O) groups excluding carboxylic acids is 2. The number of hydrogen-bond acceptors (Lipinski definition) is 3. The van der Waals surface area contributed by atoms with Crippen molar-refractivity contribution in [2.24, 2.45) is 5.92 Å². The predicted octanol–water partition coefficient (Wildman–Crippen LogP) is 7.02. The van der Waals surface area contributed by atoms with E-state index in [2.05, 4.69) is 6.92 Å². The second-order valence-electron chi connectivity index (χ2n) is 7.76. The molecule has 154 valence electrons. The lowest BCUT2D eigenvalue weighted by molar-refractivity contribution is -0.141. The van der Waals surface area contributed by atoms with Crippen LogP contribution in [0, 0.1) is 5.92 Å². The van der Waals surface area contributed by atoms with Crippen molar-refractivity contribution in [3.05, 3.63) is 0 Å². The van der Waals surface area contributed by atoms with Crippen LogP contribution in [-0.4, -0.2) is 18.9 Å². The van der Waals surface area contributed by atoms with Gasteiger partial charge in [-0.05, 0) is 12.8 Å². The van der Waals surface area contributed by atoms with Crippen LogP contribution in [0.4, 0.5) is 0 Å². The quantitative estimate of drug-likeness (QED) is 0.132. The molecule has 0 aliphatic heterocycles. The number of carbonyl (C=O) groups is 2. The van der Waals surface area contributed by atoms with Crippen LogP contribution < -0.4 is 0 Å². The topological polar surface area (TPSA) is 43.4 Å². The molecule has 0 amide bonds. The summed E-state index contributed by atoms with van der Waals surface area (Å²) in [5, 5.41) is 0. The minimum atomic E-state index is -0.262. The molecule has 3 heteroatoms. The van der Waals surface area contributed by atoms with Crippen LogP contribution in [0.5, 0.6) is 0 Å². The Morgan fingerprint density at radius 2 is 1.15 bits per heavy atom. The molecule has 0 saturated heterocycles. The molecule has 0 rings (SSSR count). The van der Waals surface area contributed by atoms with E-state index < -0.39 is 0 Å². The summed E-state index contributed by atoms with van der Waals surface area (Å²) in [5.74, 6) is -0.210. The fourth-order valence-corrected chi connectivity index (χ4v) is 3.41. The van der Waals surface area contributed by atoms with Gasteiger partial charge >= 0.3 is 5.97 Å². The average molecular weight is 369 g/mol. The standard InChI is InChI=1S/C23H44O3/c1-3-4-5-6-7-8-9-10-11-12-13-14-15-16-17-18-23(21-24)19-20-26-22(2)25/h21,23H,3-20H2,1-2H3. The van der Waals surface area contributed by atoms with E-state index in [4.69, 9.17) is 4.74 Å². The van der Waals surface area contributed by atoms with Crippen molar-refractivity contribution in [1.82, 2.24) is 0 Å². The highest BCUT2D eigenvalue weighted by Crippen LogP contribution is 2.16. The van der Waals surface area contributed by atoms with Crippen LogP contribution in [-0.2, 0) is 14.3 Å². The number of ether oxygens (including phenoxy) is 1. The zero-order chi connectivity index (χ0) is 19.3. The van der Waals surface area contributed by atoms with Gasteiger partial charge in [0.2, 0.25) is 0 Å². The number of aldehydes is 1. The SMILES string of the molecule is CCCCCCCCCCCCCCCCCC(C=O)CCOC(C)=O. The van der Waals surface area contributed by atoms with Gasteiger partial charge in [0, 0.05) is 12.8 Å². The minimum Gasteiger partial charge on any atom is -0.466 e. The first kappa shape index (κ1) is 25.1. The van der Waals surface area contributed by atoms with E-state index in [0.29, 0.717) is 13.0 Å². The summed E-state index contributed by atoms with van der Waals surface area (Å²) in [5.41, 5.74) is 0. The number of unbranched alkanes of at least 4 members (excludes halogenated alkanes) is 14. The lowest BCUT2D eigenvalue weighted by atomic mass is 9.98. The van der Waals surface area contributed by atoms with Crippen molar-refractivity contribution >= 4 is 12.3 Å². The molecule has 0 radical (unpaired) electrons. The molecular formula is C23H44O3. The van der Waals surface area contributed by atoms with Gasteiger partial charge in [-0.1, -0.05) is 103 Å². The lowest BCUT2D eigenvalue weighted by Crippen LogP contribution is -2.09. The molecule has 0 spiro atoms. The summed E-state index contributed by atoms with van der Waals surface area (Å²) < 4.78 is 4.91. The number of hydrogen-bond donors (Lipinski definition) is 0. The van der Waals surface area contributed by atoms with E-state index >= 15 is 0 Å². The molecule has 0 saturated carbocycles. The Morgan fingerprint density at radius 1 is 0.731 bits per heavy atom. The van der Waals surface area contributed by atoms with Gasteiger partial charge in [0.15, 0.2) is 0 Å². The second kappa shape index (κ2) is 20.5. The fraction of sp³-hybridized carbons (Fsp3) is 0.913. The molecule has 26 heavy (non-hydrogen) atoms. The van der Waals surface area contributed by atoms with Gasteiger partial charge in [-0.15, -0.1) is 0 Å². The van der Waals surface area contributed by atoms with E-state index in [1.807, 2.05) is 0 Å². The third kappa shape index (κ3) is 19.5. The van der Waals surface area contributed by atoms with Gasteiger partial charge in [0.05, 0.1) is 6.61 Å². The number of rotatable bonds is 20. The highest BCUT2D eigenvalue weighted by Gasteiger charge is 2.07. The summed E-state index contributed by atoms with van der Waals surface area (Å²) in [7, 11) is 0. The van der Waals surface area contributed by atoms with Crippen molar-refractivity contribution in [2.75, 3.05) is 6.61 Å². The maximum atomic E-state index is 11.0. The third-order valence-corrected chi connectivity index (χ3v) is 5.16. The highest BCUT2D eigenvalue weighted by molar-refractivity contribution is 5.65. The molecule has 0 fully saturated rings. The molecular weight excluding hydrogens is 324 g/mol. The summed E-state index contributed by atoms with van der Waals surface area (Å²) >= 11 is 0.